The van der Waals surface area contributed by atoms with E-state index >= 15 is 0 Å². The second-order valence-corrected chi connectivity index (χ2v) is 4.32. The maximum Gasteiger partial charge on any atom is 0.338 e. The zero-order chi connectivity index (χ0) is 14.5. The Morgan fingerprint density at radius 2 is 2.10 bits per heavy atom. The van der Waals surface area contributed by atoms with Crippen LogP contribution in [0.4, 0.5) is 5.69 Å². The van der Waals surface area contributed by atoms with Crippen LogP contribution in [0, 0.1) is 6.92 Å². The van der Waals surface area contributed by atoms with Crippen LogP contribution >= 0.6 is 0 Å². The fourth-order valence-corrected chi connectivity index (χ4v) is 1.64. The highest BCUT2D eigenvalue weighted by atomic mass is 16.5. The lowest BCUT2D eigenvalue weighted by Crippen LogP contribution is -2.07. The summed E-state index contributed by atoms with van der Waals surface area (Å²) < 4.78 is 10.2. The summed E-state index contributed by atoms with van der Waals surface area (Å²) in [6.07, 6.45) is 0. The molecule has 0 atom stereocenters. The first-order valence-electron chi connectivity index (χ1n) is 6.13. The average molecular weight is 272 g/mol. The number of nitrogen functional groups attached to an aromatic ring is 1. The van der Waals surface area contributed by atoms with Gasteiger partial charge in [-0.25, -0.2) is 9.78 Å². The minimum Gasteiger partial charge on any atom is -0.481 e. The number of aryl methyl sites for hydroxylation is 1. The molecule has 0 amide bonds. The monoisotopic (exact) mass is 272 g/mol. The Kier molecular flexibility index (Phi) is 4.20. The molecule has 1 heterocycles. The van der Waals surface area contributed by atoms with Crippen LogP contribution in [0.5, 0.6) is 5.88 Å². The molecule has 0 bridgehead atoms. The van der Waals surface area contributed by atoms with Crippen LogP contribution in [0.2, 0.25) is 0 Å². The standard InChI is InChI=1S/C15H16N2O3/c1-10-6-7-11(8-13(10)16)15(18)20-9-12-4-3-5-14(17-12)19-2/h3-8H,9,16H2,1-2H3. The van der Waals surface area contributed by atoms with Crippen LogP contribution in [-0.4, -0.2) is 18.1 Å². The first-order chi connectivity index (χ1) is 9.60. The van der Waals surface area contributed by atoms with Crippen molar-refractivity contribution in [1.82, 2.24) is 4.98 Å². The van der Waals surface area contributed by atoms with Crippen molar-refractivity contribution in [3.8, 4) is 5.88 Å². The first kappa shape index (κ1) is 13.9. The van der Waals surface area contributed by atoms with Crippen molar-refractivity contribution in [2.75, 3.05) is 12.8 Å². The van der Waals surface area contributed by atoms with E-state index < -0.39 is 5.97 Å². The maximum atomic E-state index is 11.9. The van der Waals surface area contributed by atoms with Crippen molar-refractivity contribution in [2.45, 2.75) is 13.5 Å². The van der Waals surface area contributed by atoms with Crippen molar-refractivity contribution >= 4 is 11.7 Å². The molecule has 1 aromatic heterocycles. The molecule has 2 rings (SSSR count). The largest absolute Gasteiger partial charge is 0.481 e. The Labute approximate surface area is 117 Å². The van der Waals surface area contributed by atoms with Gasteiger partial charge in [0.2, 0.25) is 5.88 Å². The predicted molar refractivity (Wildman–Crippen MR) is 75.5 cm³/mol. The number of carbonyl (C=O) groups is 1. The van der Waals surface area contributed by atoms with Crippen LogP contribution in [0.3, 0.4) is 0 Å². The third kappa shape index (κ3) is 3.26. The lowest BCUT2D eigenvalue weighted by atomic mass is 10.1. The molecule has 0 fully saturated rings. The van der Waals surface area contributed by atoms with Gasteiger partial charge in [-0.15, -0.1) is 0 Å². The molecule has 0 aliphatic rings. The highest BCUT2D eigenvalue weighted by Gasteiger charge is 2.09. The van der Waals surface area contributed by atoms with E-state index in [9.17, 15) is 4.79 Å². The third-order valence-electron chi connectivity index (χ3n) is 2.86. The summed E-state index contributed by atoms with van der Waals surface area (Å²) in [5, 5.41) is 0. The van der Waals surface area contributed by atoms with Crippen molar-refractivity contribution in [1.29, 1.82) is 0 Å². The summed E-state index contributed by atoms with van der Waals surface area (Å²) in [6.45, 7) is 1.97. The van der Waals surface area contributed by atoms with Crippen LogP contribution in [0.1, 0.15) is 21.6 Å². The second kappa shape index (κ2) is 6.06. The molecule has 0 saturated heterocycles. The molecule has 1 aromatic carbocycles. The molecular weight excluding hydrogens is 256 g/mol. The topological polar surface area (TPSA) is 74.4 Å². The molecule has 20 heavy (non-hydrogen) atoms. The smallest absolute Gasteiger partial charge is 0.338 e. The summed E-state index contributed by atoms with van der Waals surface area (Å²) in [6, 6.07) is 10.4. The number of ether oxygens (including phenoxy) is 2. The van der Waals surface area contributed by atoms with Crippen molar-refractivity contribution in [2.24, 2.45) is 0 Å². The fraction of sp³-hybridized carbons (Fsp3) is 0.200. The fourth-order valence-electron chi connectivity index (χ4n) is 1.64. The molecule has 2 aromatic rings. The SMILES string of the molecule is COc1cccc(COC(=O)c2ccc(C)c(N)c2)n1. The number of hydrogen-bond acceptors (Lipinski definition) is 5. The van der Waals surface area contributed by atoms with Crippen molar-refractivity contribution < 1.29 is 14.3 Å². The molecule has 0 unspecified atom stereocenters. The van der Waals surface area contributed by atoms with Gasteiger partial charge in [0.05, 0.1) is 18.4 Å². The van der Waals surface area contributed by atoms with E-state index in [-0.39, 0.29) is 6.61 Å². The Hall–Kier alpha value is -2.56. The van der Waals surface area contributed by atoms with E-state index in [2.05, 4.69) is 4.98 Å². The summed E-state index contributed by atoms with van der Waals surface area (Å²) in [5.74, 6) is 0.0550. The Bertz CT molecular complexity index is 626. The zero-order valence-corrected chi connectivity index (χ0v) is 11.4. The number of hydrogen-bond donors (Lipinski definition) is 1. The first-order valence-corrected chi connectivity index (χ1v) is 6.13. The summed E-state index contributed by atoms with van der Waals surface area (Å²) in [5.41, 5.74) is 8.31. The minimum absolute atomic E-state index is 0.0871. The van der Waals surface area contributed by atoms with E-state index in [1.165, 1.54) is 7.11 Å². The lowest BCUT2D eigenvalue weighted by Gasteiger charge is -2.07. The van der Waals surface area contributed by atoms with E-state index in [0.717, 1.165) is 5.56 Å². The van der Waals surface area contributed by atoms with Crippen LogP contribution < -0.4 is 10.5 Å². The highest BCUT2D eigenvalue weighted by Crippen LogP contribution is 2.14. The number of nitrogens with zero attached hydrogens (tertiary/aromatic N) is 1. The number of rotatable bonds is 4. The van der Waals surface area contributed by atoms with E-state index in [1.807, 2.05) is 6.92 Å². The van der Waals surface area contributed by atoms with Gasteiger partial charge in [0.25, 0.3) is 0 Å². The maximum absolute atomic E-state index is 11.9. The molecule has 5 nitrogen and oxygen atoms in total. The number of pyridine rings is 1. The quantitative estimate of drug-likeness (QED) is 0.683. The molecule has 0 aliphatic heterocycles. The Balaban J connectivity index is 2.02. The number of esters is 1. The number of anilines is 1. The van der Waals surface area contributed by atoms with E-state index in [0.29, 0.717) is 22.8 Å². The van der Waals surface area contributed by atoms with Gasteiger partial charge in [0, 0.05) is 11.8 Å². The highest BCUT2D eigenvalue weighted by molar-refractivity contribution is 5.90. The summed E-state index contributed by atoms with van der Waals surface area (Å²) in [7, 11) is 1.53. The van der Waals surface area contributed by atoms with Gasteiger partial charge < -0.3 is 15.2 Å². The number of nitrogens with two attached hydrogens (primary N) is 1. The van der Waals surface area contributed by atoms with E-state index in [4.69, 9.17) is 15.2 Å². The van der Waals surface area contributed by atoms with Gasteiger partial charge in [0.1, 0.15) is 6.61 Å². The van der Waals surface area contributed by atoms with Gasteiger partial charge in [-0.1, -0.05) is 12.1 Å². The van der Waals surface area contributed by atoms with Crippen LogP contribution in [0.15, 0.2) is 36.4 Å². The van der Waals surface area contributed by atoms with Crippen LogP contribution in [0.25, 0.3) is 0 Å². The van der Waals surface area contributed by atoms with Gasteiger partial charge >= 0.3 is 5.97 Å². The molecule has 0 spiro atoms. The molecule has 5 heteroatoms. The number of methoxy groups -OCH3 is 1. The Morgan fingerprint density at radius 3 is 2.80 bits per heavy atom. The minimum atomic E-state index is -0.429. The van der Waals surface area contributed by atoms with Crippen LogP contribution in [-0.2, 0) is 11.3 Å². The second-order valence-electron chi connectivity index (χ2n) is 4.32. The predicted octanol–water partition coefficient (Wildman–Crippen LogP) is 2.34. The third-order valence-corrected chi connectivity index (χ3v) is 2.86. The van der Waals surface area contributed by atoms with Gasteiger partial charge in [-0.05, 0) is 30.7 Å². The Morgan fingerprint density at radius 1 is 1.30 bits per heavy atom. The average Bonchev–Trinajstić information content (AvgIpc) is 2.47. The lowest BCUT2D eigenvalue weighted by molar-refractivity contribution is 0.0467. The normalized spacial score (nSPS) is 10.1. The molecular formula is C15H16N2O3. The van der Waals surface area contributed by atoms with E-state index in [1.54, 1.807) is 36.4 Å². The van der Waals surface area contributed by atoms with Gasteiger partial charge in [-0.3, -0.25) is 0 Å². The molecule has 0 aliphatic carbocycles. The number of aromatic nitrogens is 1. The zero-order valence-electron chi connectivity index (χ0n) is 11.4. The summed E-state index contributed by atoms with van der Waals surface area (Å²) >= 11 is 0. The number of benzene rings is 1. The van der Waals surface area contributed by atoms with Gasteiger partial charge in [-0.2, -0.15) is 0 Å². The van der Waals surface area contributed by atoms with Crippen molar-refractivity contribution in [3.63, 3.8) is 0 Å². The summed E-state index contributed by atoms with van der Waals surface area (Å²) in [4.78, 5) is 16.1. The van der Waals surface area contributed by atoms with Crippen molar-refractivity contribution in [3.05, 3.63) is 53.2 Å². The molecule has 0 saturated carbocycles. The van der Waals surface area contributed by atoms with Gasteiger partial charge in [0.15, 0.2) is 0 Å². The molecule has 2 N–H and O–H groups in total. The molecule has 0 radical (unpaired) electrons. The number of carbonyl (C=O) groups excluding carboxylic acids is 1. The molecule has 104 valence electrons.